The van der Waals surface area contributed by atoms with Crippen molar-refractivity contribution in [1.82, 2.24) is 10.2 Å². The van der Waals surface area contributed by atoms with Gasteiger partial charge in [0.25, 0.3) is 0 Å². The molecule has 0 unspecified atom stereocenters. The van der Waals surface area contributed by atoms with Crippen LogP contribution in [0.4, 0.5) is 0 Å². The van der Waals surface area contributed by atoms with Gasteiger partial charge in [-0.3, -0.25) is 0 Å². The monoisotopic (exact) mass is 192 g/mol. The number of nitrogens with zero attached hydrogens (tertiary/aromatic N) is 2. The summed E-state index contributed by atoms with van der Waals surface area (Å²) in [6.07, 6.45) is 0. The summed E-state index contributed by atoms with van der Waals surface area (Å²) < 4.78 is 0. The molecule has 0 N–H and O–H groups in total. The molecule has 0 aliphatic carbocycles. The molecule has 0 spiro atoms. The summed E-state index contributed by atoms with van der Waals surface area (Å²) in [5.41, 5.74) is 6.10. The summed E-state index contributed by atoms with van der Waals surface area (Å²) in [5.74, 6) is 0. The number of benzene rings is 1. The molecule has 0 saturated heterocycles. The Balaban J connectivity index is 0.000000145. The molecule has 0 bridgehead atoms. The second-order valence-corrected chi connectivity index (χ2v) is 3.36. The average molecular weight is 192 g/mol. The SMILES string of the molecule is Cc1ccccc1C.c1nncs1. The molecular weight excluding hydrogens is 180 g/mol. The molecule has 1 aromatic heterocycles. The van der Waals surface area contributed by atoms with Crippen LogP contribution in [0.3, 0.4) is 0 Å². The van der Waals surface area contributed by atoms with Crippen LogP contribution in [0.2, 0.25) is 0 Å². The Labute approximate surface area is 82.3 Å². The molecule has 0 atom stereocenters. The van der Waals surface area contributed by atoms with E-state index in [2.05, 4.69) is 48.3 Å². The van der Waals surface area contributed by atoms with Crippen LogP contribution in [0.25, 0.3) is 0 Å². The summed E-state index contributed by atoms with van der Waals surface area (Å²) in [7, 11) is 0. The normalized spacial score (nSPS) is 8.77. The number of aromatic nitrogens is 2. The maximum atomic E-state index is 3.49. The Hall–Kier alpha value is -1.22. The number of aryl methyl sites for hydroxylation is 2. The van der Waals surface area contributed by atoms with E-state index in [4.69, 9.17) is 0 Å². The summed E-state index contributed by atoms with van der Waals surface area (Å²) in [5, 5.41) is 6.98. The van der Waals surface area contributed by atoms with Crippen LogP contribution >= 0.6 is 11.3 Å². The van der Waals surface area contributed by atoms with Gasteiger partial charge in [0.2, 0.25) is 0 Å². The largest absolute Gasteiger partial charge is 0.147 e. The fraction of sp³-hybridized carbons (Fsp3) is 0.200. The Morgan fingerprint density at radius 3 is 1.62 bits per heavy atom. The lowest BCUT2D eigenvalue weighted by Gasteiger charge is -1.93. The third-order valence-electron chi connectivity index (χ3n) is 1.71. The fourth-order valence-corrected chi connectivity index (χ4v) is 1.07. The first-order valence-corrected chi connectivity index (χ1v) is 4.96. The molecule has 1 aromatic carbocycles. The molecule has 0 amide bonds. The average Bonchev–Trinajstić information content (AvgIpc) is 2.68. The van der Waals surface area contributed by atoms with Crippen molar-refractivity contribution in [3.63, 3.8) is 0 Å². The number of hydrogen-bond donors (Lipinski definition) is 0. The first-order valence-electron chi connectivity index (χ1n) is 4.02. The van der Waals surface area contributed by atoms with E-state index in [0.29, 0.717) is 0 Å². The molecule has 0 aliphatic rings. The summed E-state index contributed by atoms with van der Waals surface area (Å²) >= 11 is 1.49. The highest BCUT2D eigenvalue weighted by atomic mass is 32.1. The van der Waals surface area contributed by atoms with Crippen molar-refractivity contribution >= 4 is 11.3 Å². The Bertz CT molecular complexity index is 292. The Morgan fingerprint density at radius 2 is 1.38 bits per heavy atom. The van der Waals surface area contributed by atoms with Crippen molar-refractivity contribution in [2.75, 3.05) is 0 Å². The summed E-state index contributed by atoms with van der Waals surface area (Å²) in [6, 6.07) is 8.36. The van der Waals surface area contributed by atoms with Gasteiger partial charge in [-0.05, 0) is 25.0 Å². The predicted molar refractivity (Wildman–Crippen MR) is 55.8 cm³/mol. The summed E-state index contributed by atoms with van der Waals surface area (Å²) in [4.78, 5) is 0. The molecular formula is C10H12N2S. The maximum Gasteiger partial charge on any atom is 0.103 e. The highest BCUT2D eigenvalue weighted by Gasteiger charge is 1.83. The molecule has 68 valence electrons. The minimum atomic E-state index is 1.37. The van der Waals surface area contributed by atoms with E-state index in [9.17, 15) is 0 Å². The Morgan fingerprint density at radius 1 is 0.923 bits per heavy atom. The van der Waals surface area contributed by atoms with Crippen LogP contribution < -0.4 is 0 Å². The molecule has 2 nitrogen and oxygen atoms in total. The quantitative estimate of drug-likeness (QED) is 0.641. The van der Waals surface area contributed by atoms with Gasteiger partial charge in [0.1, 0.15) is 11.0 Å². The zero-order valence-corrected chi connectivity index (χ0v) is 8.58. The van der Waals surface area contributed by atoms with Crippen molar-refractivity contribution < 1.29 is 0 Å². The lowest BCUT2D eigenvalue weighted by molar-refractivity contribution is 1.09. The van der Waals surface area contributed by atoms with Crippen molar-refractivity contribution in [2.24, 2.45) is 0 Å². The lowest BCUT2D eigenvalue weighted by Crippen LogP contribution is -1.74. The molecule has 13 heavy (non-hydrogen) atoms. The molecule has 3 heteroatoms. The first kappa shape index (κ1) is 9.86. The van der Waals surface area contributed by atoms with Gasteiger partial charge in [-0.1, -0.05) is 24.3 Å². The second-order valence-electron chi connectivity index (χ2n) is 2.66. The Kier molecular flexibility index (Phi) is 4.12. The van der Waals surface area contributed by atoms with Gasteiger partial charge in [0.05, 0.1) is 0 Å². The molecule has 0 fully saturated rings. The molecule has 0 saturated carbocycles. The van der Waals surface area contributed by atoms with E-state index >= 15 is 0 Å². The van der Waals surface area contributed by atoms with Crippen LogP contribution in [0, 0.1) is 13.8 Å². The zero-order valence-electron chi connectivity index (χ0n) is 7.77. The van der Waals surface area contributed by atoms with Gasteiger partial charge >= 0.3 is 0 Å². The molecule has 1 heterocycles. The van der Waals surface area contributed by atoms with E-state index in [1.165, 1.54) is 22.5 Å². The number of rotatable bonds is 0. The third-order valence-corrected chi connectivity index (χ3v) is 2.14. The van der Waals surface area contributed by atoms with Gasteiger partial charge in [0.15, 0.2) is 0 Å². The van der Waals surface area contributed by atoms with Crippen molar-refractivity contribution in [3.05, 3.63) is 46.4 Å². The van der Waals surface area contributed by atoms with Gasteiger partial charge < -0.3 is 0 Å². The van der Waals surface area contributed by atoms with Crippen LogP contribution in [-0.2, 0) is 0 Å². The molecule has 2 aromatic rings. The van der Waals surface area contributed by atoms with Crippen molar-refractivity contribution in [3.8, 4) is 0 Å². The van der Waals surface area contributed by atoms with E-state index in [1.807, 2.05) is 0 Å². The lowest BCUT2D eigenvalue weighted by atomic mass is 10.1. The van der Waals surface area contributed by atoms with Crippen molar-refractivity contribution in [1.29, 1.82) is 0 Å². The van der Waals surface area contributed by atoms with E-state index in [0.717, 1.165) is 0 Å². The van der Waals surface area contributed by atoms with Crippen LogP contribution in [0.5, 0.6) is 0 Å². The highest BCUT2D eigenvalue weighted by Crippen LogP contribution is 2.02. The zero-order chi connectivity index (χ0) is 9.52. The van der Waals surface area contributed by atoms with Gasteiger partial charge in [-0.25, -0.2) is 0 Å². The predicted octanol–water partition coefficient (Wildman–Crippen LogP) is 2.84. The summed E-state index contributed by atoms with van der Waals surface area (Å²) in [6.45, 7) is 4.24. The topological polar surface area (TPSA) is 25.8 Å². The third kappa shape index (κ3) is 3.80. The van der Waals surface area contributed by atoms with E-state index < -0.39 is 0 Å². The highest BCUT2D eigenvalue weighted by molar-refractivity contribution is 7.07. The molecule has 0 radical (unpaired) electrons. The van der Waals surface area contributed by atoms with Gasteiger partial charge in [0, 0.05) is 0 Å². The smallest absolute Gasteiger partial charge is 0.103 e. The van der Waals surface area contributed by atoms with Gasteiger partial charge in [-0.2, -0.15) is 0 Å². The minimum absolute atomic E-state index is 1.37. The van der Waals surface area contributed by atoms with E-state index in [1.54, 1.807) is 11.0 Å². The van der Waals surface area contributed by atoms with E-state index in [-0.39, 0.29) is 0 Å². The van der Waals surface area contributed by atoms with Crippen LogP contribution in [0.15, 0.2) is 35.3 Å². The first-order chi connectivity index (χ1) is 6.30. The molecule has 2 rings (SSSR count). The standard InChI is InChI=1S/C8H10.C2H2N2S/c1-7-5-3-4-6-8(7)2;1-3-4-2-5-1/h3-6H,1-2H3;1-2H. The second kappa shape index (κ2) is 5.43. The van der Waals surface area contributed by atoms with Crippen LogP contribution in [0.1, 0.15) is 11.1 Å². The van der Waals surface area contributed by atoms with Crippen molar-refractivity contribution in [2.45, 2.75) is 13.8 Å². The van der Waals surface area contributed by atoms with Gasteiger partial charge in [-0.15, -0.1) is 21.5 Å². The fourth-order valence-electron chi connectivity index (χ4n) is 0.799. The number of hydrogen-bond acceptors (Lipinski definition) is 3. The molecule has 0 aliphatic heterocycles. The maximum absolute atomic E-state index is 3.49. The van der Waals surface area contributed by atoms with Crippen LogP contribution in [-0.4, -0.2) is 10.2 Å². The minimum Gasteiger partial charge on any atom is -0.147 e.